The molecule has 0 aliphatic heterocycles. The second kappa shape index (κ2) is 35.2. The van der Waals surface area contributed by atoms with Crippen molar-refractivity contribution in [2.45, 2.75) is 286 Å². The number of methoxy groups -OCH3 is 1. The van der Waals surface area contributed by atoms with Gasteiger partial charge in [-0.2, -0.15) is 0 Å². The van der Waals surface area contributed by atoms with Crippen LogP contribution in [0.1, 0.15) is 289 Å². The lowest BCUT2D eigenvalue weighted by Crippen LogP contribution is -2.25. The van der Waals surface area contributed by atoms with E-state index >= 15 is 0 Å². The molecule has 3 aromatic carbocycles. The molecule has 0 amide bonds. The lowest BCUT2D eigenvalue weighted by atomic mass is 9.68. The van der Waals surface area contributed by atoms with Crippen molar-refractivity contribution in [2.75, 3.05) is 7.11 Å². The van der Waals surface area contributed by atoms with Crippen LogP contribution in [0.15, 0.2) is 72.8 Å². The van der Waals surface area contributed by atoms with Crippen LogP contribution < -0.4 is 4.74 Å². The van der Waals surface area contributed by atoms with Crippen LogP contribution in [0.2, 0.25) is 0 Å². The van der Waals surface area contributed by atoms with Crippen LogP contribution in [0.5, 0.6) is 5.75 Å². The molecule has 6 saturated carbocycles. The maximum Gasteiger partial charge on any atom is 0.118 e. The predicted molar refractivity (Wildman–Crippen MR) is 330 cm³/mol. The Bertz CT molecular complexity index is 1830. The fraction of sp³-hybridized carbons (Fsp3) is 0.757. The van der Waals surface area contributed by atoms with Crippen LogP contribution in [-0.2, 0) is 6.42 Å². The Labute approximate surface area is 466 Å². The lowest BCUT2D eigenvalue weighted by molar-refractivity contribution is 0.140. The van der Waals surface area contributed by atoms with Crippen molar-refractivity contribution in [1.82, 2.24) is 0 Å². The minimum atomic E-state index is 0.841. The summed E-state index contributed by atoms with van der Waals surface area (Å²) in [5.74, 6) is 13.7. The molecular formula is C74H120O. The van der Waals surface area contributed by atoms with E-state index in [1.807, 2.05) is 12.1 Å². The normalized spacial score (nSPS) is 30.0. The first-order chi connectivity index (χ1) is 36.7. The van der Waals surface area contributed by atoms with Gasteiger partial charge in [-0.25, -0.2) is 0 Å². The third-order valence-electron chi connectivity index (χ3n) is 21.3. The van der Waals surface area contributed by atoms with Crippen molar-refractivity contribution in [1.29, 1.82) is 0 Å². The van der Waals surface area contributed by atoms with Gasteiger partial charge in [-0.05, 0) is 209 Å². The third kappa shape index (κ3) is 21.2. The standard InChI is InChI=1S/C22H34.C19H36.C17H32.C16H18O/c1-3-4-18-7-11-20(12-8-18)22-15-13-21(14-16-22)19-9-5-17(2)6-10-19;1-3-5-7-17-10-14-19(15-11-17)18-12-8-16(6-4-2)9-13-18;1-3-5-15-8-12-17(13-9-15)16-10-6-14(4-2)7-11-16;1-3-4-13-5-7-14(8-6-13)15-9-11-16(17-2)12-10-15/h5-6,9-10,18,20-22H,3-4,7-8,11-16H2,1-2H3;16-19H,3-15H2,1-2H3;14-17H,3-13H2,1-2H3;5-12H,3-4H2,1-2H3. The fourth-order valence-electron chi connectivity index (χ4n) is 16.3. The van der Waals surface area contributed by atoms with Gasteiger partial charge in [-0.1, -0.05) is 243 Å². The first kappa shape index (κ1) is 61.7. The molecule has 6 fully saturated rings. The minimum absolute atomic E-state index is 0.841. The predicted octanol–water partition coefficient (Wildman–Crippen LogP) is 23.6. The van der Waals surface area contributed by atoms with Crippen molar-refractivity contribution in [3.63, 3.8) is 0 Å². The average Bonchev–Trinajstić information content (AvgIpc) is 3.47. The molecule has 1 heteroatoms. The van der Waals surface area contributed by atoms with Gasteiger partial charge in [-0.3, -0.25) is 0 Å². The van der Waals surface area contributed by atoms with Gasteiger partial charge >= 0.3 is 0 Å². The largest absolute Gasteiger partial charge is 0.497 e. The van der Waals surface area contributed by atoms with Gasteiger partial charge in [0.05, 0.1) is 7.11 Å². The number of unbranched alkanes of at least 4 members (excludes halogenated alkanes) is 1. The van der Waals surface area contributed by atoms with Crippen molar-refractivity contribution in [3.8, 4) is 16.9 Å². The number of aryl methyl sites for hydroxylation is 2. The summed E-state index contributed by atoms with van der Waals surface area (Å²) in [6.45, 7) is 16.1. The zero-order chi connectivity index (χ0) is 53.0. The summed E-state index contributed by atoms with van der Waals surface area (Å²) in [5.41, 5.74) is 6.88. The second-order valence-corrected chi connectivity index (χ2v) is 26.5. The van der Waals surface area contributed by atoms with Crippen molar-refractivity contribution < 1.29 is 4.74 Å². The van der Waals surface area contributed by atoms with Crippen molar-refractivity contribution >= 4 is 0 Å². The number of hydrogen-bond acceptors (Lipinski definition) is 1. The maximum atomic E-state index is 5.16. The summed E-state index contributed by atoms with van der Waals surface area (Å²) in [5, 5.41) is 0. The summed E-state index contributed by atoms with van der Waals surface area (Å²) in [6, 6.07) is 26.3. The van der Waals surface area contributed by atoms with Gasteiger partial charge < -0.3 is 4.74 Å². The molecule has 0 unspecified atom stereocenters. The highest BCUT2D eigenvalue weighted by atomic mass is 16.5. The van der Waals surface area contributed by atoms with E-state index in [-0.39, 0.29) is 0 Å². The molecule has 0 bridgehead atoms. The second-order valence-electron chi connectivity index (χ2n) is 26.5. The zero-order valence-corrected chi connectivity index (χ0v) is 50.7. The topological polar surface area (TPSA) is 9.23 Å². The first-order valence-corrected chi connectivity index (χ1v) is 33.6. The highest BCUT2D eigenvalue weighted by molar-refractivity contribution is 5.64. The van der Waals surface area contributed by atoms with Gasteiger partial charge in [0, 0.05) is 0 Å². The molecule has 0 saturated heterocycles. The Morgan fingerprint density at radius 3 is 1.03 bits per heavy atom. The van der Waals surface area contributed by atoms with Crippen LogP contribution in [0.4, 0.5) is 0 Å². The monoisotopic (exact) mass is 1020 g/mol. The lowest BCUT2D eigenvalue weighted by Gasteiger charge is -2.38. The highest BCUT2D eigenvalue weighted by Gasteiger charge is 2.33. The van der Waals surface area contributed by atoms with Crippen LogP contribution in [0.25, 0.3) is 11.1 Å². The van der Waals surface area contributed by atoms with Gasteiger partial charge in [0.1, 0.15) is 5.75 Å². The van der Waals surface area contributed by atoms with E-state index in [4.69, 9.17) is 4.74 Å². The van der Waals surface area contributed by atoms with Crippen LogP contribution in [0.3, 0.4) is 0 Å². The van der Waals surface area contributed by atoms with Crippen molar-refractivity contribution in [2.24, 2.45) is 65.1 Å². The smallest absolute Gasteiger partial charge is 0.118 e. The van der Waals surface area contributed by atoms with E-state index in [2.05, 4.69) is 109 Å². The first-order valence-electron chi connectivity index (χ1n) is 33.6. The van der Waals surface area contributed by atoms with Gasteiger partial charge in [-0.15, -0.1) is 0 Å². The third-order valence-corrected chi connectivity index (χ3v) is 21.3. The number of benzene rings is 3. The van der Waals surface area contributed by atoms with Gasteiger partial charge in [0.25, 0.3) is 0 Å². The van der Waals surface area contributed by atoms with Crippen LogP contribution in [0, 0.1) is 72.0 Å². The molecule has 6 aliphatic rings. The highest BCUT2D eigenvalue weighted by Crippen LogP contribution is 2.46. The Hall–Kier alpha value is -2.54. The zero-order valence-electron chi connectivity index (χ0n) is 50.7. The van der Waals surface area contributed by atoms with Crippen molar-refractivity contribution in [3.05, 3.63) is 89.5 Å². The SMILES string of the molecule is CCCC1CCC(C2CCC(CC)CC2)CC1.CCCC1CCC(C2CCC(c3ccc(C)cc3)CC2)CC1.CCCCC1CCC(C2CCC(CCC)CC2)CC1.CCCc1ccc(-c2ccc(OC)cc2)cc1. The summed E-state index contributed by atoms with van der Waals surface area (Å²) < 4.78 is 5.16. The molecule has 0 aromatic heterocycles. The van der Waals surface area contributed by atoms with Crippen LogP contribution in [-0.4, -0.2) is 7.11 Å². The summed E-state index contributed by atoms with van der Waals surface area (Å²) in [4.78, 5) is 0. The molecule has 0 spiro atoms. The molecule has 6 aliphatic carbocycles. The maximum absolute atomic E-state index is 5.16. The summed E-state index contributed by atoms with van der Waals surface area (Å²) in [6.07, 6.45) is 53.7. The molecule has 75 heavy (non-hydrogen) atoms. The molecule has 0 atom stereocenters. The molecule has 0 heterocycles. The van der Waals surface area contributed by atoms with E-state index in [0.29, 0.717) is 0 Å². The molecule has 9 rings (SSSR count). The Morgan fingerprint density at radius 1 is 0.347 bits per heavy atom. The Balaban J connectivity index is 0.000000164. The minimum Gasteiger partial charge on any atom is -0.497 e. The summed E-state index contributed by atoms with van der Waals surface area (Å²) in [7, 11) is 1.69. The molecular weight excluding hydrogens is 905 g/mol. The number of hydrogen-bond donors (Lipinski definition) is 0. The fourth-order valence-corrected chi connectivity index (χ4v) is 16.3. The van der Waals surface area contributed by atoms with E-state index in [9.17, 15) is 0 Å². The molecule has 3 aromatic rings. The van der Waals surface area contributed by atoms with Crippen LogP contribution >= 0.6 is 0 Å². The van der Waals surface area contributed by atoms with E-state index in [0.717, 1.165) is 83.2 Å². The average molecular weight is 1030 g/mol. The summed E-state index contributed by atoms with van der Waals surface area (Å²) >= 11 is 0. The van der Waals surface area contributed by atoms with E-state index in [1.54, 1.807) is 103 Å². The molecule has 0 N–H and O–H groups in total. The number of rotatable bonds is 18. The molecule has 422 valence electrons. The van der Waals surface area contributed by atoms with E-state index < -0.39 is 0 Å². The van der Waals surface area contributed by atoms with Gasteiger partial charge in [0.2, 0.25) is 0 Å². The van der Waals surface area contributed by atoms with Gasteiger partial charge in [0.15, 0.2) is 0 Å². The van der Waals surface area contributed by atoms with E-state index in [1.165, 1.54) is 157 Å². The molecule has 1 nitrogen and oxygen atoms in total. The molecule has 0 radical (unpaired) electrons. The number of ether oxygens (including phenoxy) is 1. The Kier molecular flexibility index (Phi) is 28.9. The quantitative estimate of drug-likeness (QED) is 0.123. The Morgan fingerprint density at radius 2 is 0.693 bits per heavy atom.